The van der Waals surface area contributed by atoms with E-state index in [1.165, 1.54) is 5.56 Å². The van der Waals surface area contributed by atoms with Crippen LogP contribution in [0, 0.1) is 12.3 Å². The predicted molar refractivity (Wildman–Crippen MR) is 120 cm³/mol. The molecule has 0 atom stereocenters. The van der Waals surface area contributed by atoms with Crippen LogP contribution in [0.25, 0.3) is 0 Å². The predicted octanol–water partition coefficient (Wildman–Crippen LogP) is 5.95. The standard InChI is InChI=1S/C26H33NO2/c1-8-20-10-9-11-21(18-20)16-17-27(24(28)29-26(5,6)7)19-22-12-14-23(15-13-22)25(2,3)4/h1,9-15,18H,16-17,19H2,2-7H3. The maximum absolute atomic E-state index is 12.8. The number of hydrogen-bond donors (Lipinski definition) is 0. The first kappa shape index (κ1) is 22.6. The molecular formula is C26H33NO2. The van der Waals surface area contributed by atoms with E-state index in [-0.39, 0.29) is 11.5 Å². The molecule has 154 valence electrons. The highest BCUT2D eigenvalue weighted by atomic mass is 16.6. The molecule has 0 aliphatic rings. The second-order valence-electron chi connectivity index (χ2n) is 9.44. The molecule has 0 N–H and O–H groups in total. The molecule has 3 nitrogen and oxygen atoms in total. The Morgan fingerprint density at radius 2 is 1.66 bits per heavy atom. The van der Waals surface area contributed by atoms with Crippen molar-refractivity contribution in [3.63, 3.8) is 0 Å². The van der Waals surface area contributed by atoms with Gasteiger partial charge in [-0.1, -0.05) is 63.1 Å². The Morgan fingerprint density at radius 1 is 1.00 bits per heavy atom. The van der Waals surface area contributed by atoms with Crippen molar-refractivity contribution in [1.82, 2.24) is 4.90 Å². The molecule has 0 bridgehead atoms. The van der Waals surface area contributed by atoms with Gasteiger partial charge in [-0.25, -0.2) is 4.79 Å². The molecule has 2 aromatic rings. The number of hydrogen-bond acceptors (Lipinski definition) is 2. The van der Waals surface area contributed by atoms with E-state index in [4.69, 9.17) is 11.2 Å². The van der Waals surface area contributed by atoms with Gasteiger partial charge in [0.2, 0.25) is 0 Å². The van der Waals surface area contributed by atoms with Gasteiger partial charge in [0.05, 0.1) is 0 Å². The van der Waals surface area contributed by atoms with Gasteiger partial charge in [-0.15, -0.1) is 6.42 Å². The van der Waals surface area contributed by atoms with Gasteiger partial charge in [0, 0.05) is 18.7 Å². The van der Waals surface area contributed by atoms with Crippen molar-refractivity contribution >= 4 is 6.09 Å². The molecule has 0 aromatic heterocycles. The number of carbonyl (C=O) groups is 1. The van der Waals surface area contributed by atoms with Crippen molar-refractivity contribution in [2.75, 3.05) is 6.54 Å². The van der Waals surface area contributed by atoms with Gasteiger partial charge in [-0.2, -0.15) is 0 Å². The highest BCUT2D eigenvalue weighted by molar-refractivity contribution is 5.68. The van der Waals surface area contributed by atoms with Crippen molar-refractivity contribution in [3.8, 4) is 12.3 Å². The fourth-order valence-corrected chi connectivity index (χ4v) is 2.97. The lowest BCUT2D eigenvalue weighted by Crippen LogP contribution is -2.37. The normalized spacial score (nSPS) is 11.6. The summed E-state index contributed by atoms with van der Waals surface area (Å²) < 4.78 is 5.64. The largest absolute Gasteiger partial charge is 0.444 e. The molecular weight excluding hydrogens is 358 g/mol. The summed E-state index contributed by atoms with van der Waals surface area (Å²) in [5.41, 5.74) is 3.89. The lowest BCUT2D eigenvalue weighted by molar-refractivity contribution is 0.0236. The number of rotatable bonds is 5. The number of ether oxygens (including phenoxy) is 1. The minimum Gasteiger partial charge on any atom is -0.444 e. The first-order chi connectivity index (χ1) is 13.5. The van der Waals surface area contributed by atoms with Gasteiger partial charge in [-0.3, -0.25) is 0 Å². The van der Waals surface area contributed by atoms with Crippen molar-refractivity contribution in [1.29, 1.82) is 0 Å². The highest BCUT2D eigenvalue weighted by Gasteiger charge is 2.22. The van der Waals surface area contributed by atoms with Crippen LogP contribution in [-0.4, -0.2) is 23.1 Å². The molecule has 0 aliphatic heterocycles. The second-order valence-corrected chi connectivity index (χ2v) is 9.44. The van der Waals surface area contributed by atoms with Gasteiger partial charge in [0.1, 0.15) is 5.60 Å². The summed E-state index contributed by atoms with van der Waals surface area (Å²) in [5, 5.41) is 0. The molecule has 0 aliphatic carbocycles. The van der Waals surface area contributed by atoms with Crippen molar-refractivity contribution in [2.45, 2.75) is 65.5 Å². The van der Waals surface area contributed by atoms with E-state index in [9.17, 15) is 4.79 Å². The molecule has 1 amide bonds. The molecule has 2 rings (SSSR count). The third-order valence-corrected chi connectivity index (χ3v) is 4.61. The molecule has 0 unspecified atom stereocenters. The Hall–Kier alpha value is -2.73. The maximum Gasteiger partial charge on any atom is 0.410 e. The minimum atomic E-state index is -0.533. The quantitative estimate of drug-likeness (QED) is 0.590. The molecule has 0 heterocycles. The molecule has 0 radical (unpaired) electrons. The van der Waals surface area contributed by atoms with E-state index in [0.717, 1.165) is 23.1 Å². The van der Waals surface area contributed by atoms with Gasteiger partial charge >= 0.3 is 6.09 Å². The third-order valence-electron chi connectivity index (χ3n) is 4.61. The van der Waals surface area contributed by atoms with Gasteiger partial charge < -0.3 is 9.64 Å². The molecule has 3 heteroatoms. The molecule has 0 spiro atoms. The molecule has 0 saturated carbocycles. The number of amides is 1. The third kappa shape index (κ3) is 7.31. The van der Waals surface area contributed by atoms with Gasteiger partial charge in [0.15, 0.2) is 0 Å². The van der Waals surface area contributed by atoms with E-state index >= 15 is 0 Å². The first-order valence-electron chi connectivity index (χ1n) is 10.1. The summed E-state index contributed by atoms with van der Waals surface area (Å²) >= 11 is 0. The van der Waals surface area contributed by atoms with E-state index < -0.39 is 5.60 Å². The zero-order valence-electron chi connectivity index (χ0n) is 18.6. The second kappa shape index (κ2) is 9.18. The Morgan fingerprint density at radius 3 is 2.21 bits per heavy atom. The van der Waals surface area contributed by atoms with Crippen molar-refractivity contribution in [2.24, 2.45) is 0 Å². The Kier molecular flexibility index (Phi) is 7.14. The SMILES string of the molecule is C#Cc1cccc(CCN(Cc2ccc(C(C)(C)C)cc2)C(=O)OC(C)(C)C)c1. The van der Waals surface area contributed by atoms with Crippen LogP contribution in [0.4, 0.5) is 4.79 Å². The van der Waals surface area contributed by atoms with Crippen LogP contribution in [0.1, 0.15) is 63.8 Å². The Balaban J connectivity index is 2.16. The fraction of sp³-hybridized carbons (Fsp3) is 0.423. The maximum atomic E-state index is 12.8. The number of carbonyl (C=O) groups excluding carboxylic acids is 1. The summed E-state index contributed by atoms with van der Waals surface area (Å²) in [6, 6.07) is 16.4. The van der Waals surface area contributed by atoms with Crippen LogP contribution >= 0.6 is 0 Å². The smallest absolute Gasteiger partial charge is 0.410 e. The number of benzene rings is 2. The molecule has 2 aromatic carbocycles. The molecule has 29 heavy (non-hydrogen) atoms. The lowest BCUT2D eigenvalue weighted by Gasteiger charge is -2.28. The summed E-state index contributed by atoms with van der Waals surface area (Å²) in [6.07, 6.45) is 5.92. The summed E-state index contributed by atoms with van der Waals surface area (Å²) in [6.45, 7) is 13.3. The summed E-state index contributed by atoms with van der Waals surface area (Å²) in [7, 11) is 0. The minimum absolute atomic E-state index is 0.103. The summed E-state index contributed by atoms with van der Waals surface area (Å²) in [4.78, 5) is 14.6. The summed E-state index contributed by atoms with van der Waals surface area (Å²) in [5.74, 6) is 2.66. The lowest BCUT2D eigenvalue weighted by atomic mass is 9.87. The molecule has 0 fully saturated rings. The van der Waals surface area contributed by atoms with Crippen LogP contribution in [0.3, 0.4) is 0 Å². The number of terminal acetylenes is 1. The van der Waals surface area contributed by atoms with Crippen molar-refractivity contribution < 1.29 is 9.53 Å². The van der Waals surface area contributed by atoms with Gasteiger partial charge in [-0.05, 0) is 61.4 Å². The zero-order chi connectivity index (χ0) is 21.7. The average Bonchev–Trinajstić information content (AvgIpc) is 2.63. The van der Waals surface area contributed by atoms with Crippen molar-refractivity contribution in [3.05, 3.63) is 70.8 Å². The molecule has 0 saturated heterocycles. The van der Waals surface area contributed by atoms with Crippen LogP contribution in [-0.2, 0) is 23.1 Å². The monoisotopic (exact) mass is 391 g/mol. The van der Waals surface area contributed by atoms with Crippen LogP contribution < -0.4 is 0 Å². The fourth-order valence-electron chi connectivity index (χ4n) is 2.97. The van der Waals surface area contributed by atoms with E-state index in [2.05, 4.69) is 51.0 Å². The number of nitrogens with zero attached hydrogens (tertiary/aromatic N) is 1. The van der Waals surface area contributed by atoms with Gasteiger partial charge in [0.25, 0.3) is 0 Å². The Labute approximate surface area is 176 Å². The van der Waals surface area contributed by atoms with Crippen LogP contribution in [0.5, 0.6) is 0 Å². The average molecular weight is 392 g/mol. The zero-order valence-corrected chi connectivity index (χ0v) is 18.6. The van der Waals surface area contributed by atoms with E-state index in [1.807, 2.05) is 45.0 Å². The highest BCUT2D eigenvalue weighted by Crippen LogP contribution is 2.23. The Bertz CT molecular complexity index is 861. The van der Waals surface area contributed by atoms with E-state index in [1.54, 1.807) is 4.90 Å². The first-order valence-corrected chi connectivity index (χ1v) is 10.1. The van der Waals surface area contributed by atoms with Crippen LogP contribution in [0.2, 0.25) is 0 Å². The topological polar surface area (TPSA) is 29.5 Å². The van der Waals surface area contributed by atoms with E-state index in [0.29, 0.717) is 13.1 Å². The van der Waals surface area contributed by atoms with Crippen LogP contribution in [0.15, 0.2) is 48.5 Å².